The van der Waals surface area contributed by atoms with Gasteiger partial charge < -0.3 is 9.47 Å². The van der Waals surface area contributed by atoms with Crippen molar-refractivity contribution in [2.45, 2.75) is 35.4 Å². The van der Waals surface area contributed by atoms with Gasteiger partial charge in [-0.2, -0.15) is 0 Å². The molecule has 0 aromatic carbocycles. The second-order valence-electron chi connectivity index (χ2n) is 6.17. The van der Waals surface area contributed by atoms with Gasteiger partial charge in [0.05, 0.1) is 21.9 Å². The first kappa shape index (κ1) is 17.8. The zero-order chi connectivity index (χ0) is 17.5. The number of carbonyl (C=O) groups is 2. The number of halogens is 4. The molecule has 1 saturated carbocycles. The van der Waals surface area contributed by atoms with E-state index in [4.69, 9.17) is 55.9 Å². The minimum atomic E-state index is -1.72. The average Bonchev–Trinajstić information content (AvgIpc) is 2.91. The number of likely N-dealkylation sites (tertiary alicyclic amines) is 1. The number of imide groups is 1. The van der Waals surface area contributed by atoms with Gasteiger partial charge in [-0.05, 0) is 13.8 Å². The first-order valence-corrected chi connectivity index (χ1v) is 8.50. The van der Waals surface area contributed by atoms with Crippen LogP contribution in [0.3, 0.4) is 0 Å². The summed E-state index contributed by atoms with van der Waals surface area (Å²) < 4.78 is 11.0. The van der Waals surface area contributed by atoms with Crippen LogP contribution in [-0.2, 0) is 19.1 Å². The van der Waals surface area contributed by atoms with Gasteiger partial charge in [0.25, 0.3) is 0 Å². The first-order valence-electron chi connectivity index (χ1n) is 6.99. The lowest BCUT2D eigenvalue weighted by atomic mass is 9.84. The molecule has 3 rings (SSSR count). The number of hydrogen-bond donors (Lipinski definition) is 0. The number of carbonyl (C=O) groups excluding carboxylic acids is 2. The summed E-state index contributed by atoms with van der Waals surface area (Å²) >= 11 is 26.2. The van der Waals surface area contributed by atoms with E-state index >= 15 is 0 Å². The number of methoxy groups -OCH3 is 2. The summed E-state index contributed by atoms with van der Waals surface area (Å²) in [4.78, 5) is 23.6. The molecule has 0 N–H and O–H groups in total. The van der Waals surface area contributed by atoms with Crippen LogP contribution in [0.15, 0.2) is 10.1 Å². The van der Waals surface area contributed by atoms with Crippen molar-refractivity contribution >= 4 is 58.2 Å². The maximum atomic E-state index is 12.9. The van der Waals surface area contributed by atoms with Gasteiger partial charge in [-0.15, -0.1) is 23.2 Å². The van der Waals surface area contributed by atoms with Gasteiger partial charge in [0.15, 0.2) is 0 Å². The summed E-state index contributed by atoms with van der Waals surface area (Å²) in [7, 11) is 2.65. The number of rotatable bonds is 3. The minimum Gasteiger partial charge on any atom is -0.350 e. The third-order valence-electron chi connectivity index (χ3n) is 5.08. The molecule has 2 aliphatic carbocycles. The third kappa shape index (κ3) is 1.52. The SMILES string of the molecule is COC1(OC)[C@@]2(Cl)C(Cl)=C(Cl)[C@@]1(Cl)[C@H]1C(=O)N(C(C)C)C(=O)[C@H]12. The van der Waals surface area contributed by atoms with Gasteiger partial charge in [0.1, 0.15) is 9.75 Å². The normalized spacial score (nSPS) is 41.5. The summed E-state index contributed by atoms with van der Waals surface area (Å²) in [6.07, 6.45) is 0. The smallest absolute Gasteiger partial charge is 0.235 e. The molecule has 128 valence electrons. The molecule has 0 radical (unpaired) electrons. The third-order valence-corrected chi connectivity index (χ3v) is 7.69. The van der Waals surface area contributed by atoms with Crippen molar-refractivity contribution in [3.8, 4) is 0 Å². The minimum absolute atomic E-state index is 0.0208. The van der Waals surface area contributed by atoms with Gasteiger partial charge >= 0.3 is 0 Å². The lowest BCUT2D eigenvalue weighted by Crippen LogP contribution is -2.60. The average molecular weight is 403 g/mol. The molecule has 23 heavy (non-hydrogen) atoms. The second-order valence-corrected chi connectivity index (χ2v) is 8.12. The summed E-state index contributed by atoms with van der Waals surface area (Å²) in [5, 5.41) is -0.0416. The molecule has 0 aromatic heterocycles. The van der Waals surface area contributed by atoms with E-state index in [2.05, 4.69) is 0 Å². The van der Waals surface area contributed by atoms with E-state index in [1.54, 1.807) is 13.8 Å². The largest absolute Gasteiger partial charge is 0.350 e. The van der Waals surface area contributed by atoms with Crippen LogP contribution < -0.4 is 0 Å². The number of nitrogens with zero attached hydrogens (tertiary/aromatic N) is 1. The van der Waals surface area contributed by atoms with E-state index in [-0.39, 0.29) is 16.1 Å². The van der Waals surface area contributed by atoms with Crippen LogP contribution in [0.4, 0.5) is 0 Å². The summed E-state index contributed by atoms with van der Waals surface area (Å²) in [5.74, 6) is -4.64. The van der Waals surface area contributed by atoms with E-state index in [9.17, 15) is 9.59 Å². The molecule has 2 bridgehead atoms. The van der Waals surface area contributed by atoms with Crippen LogP contribution in [0.1, 0.15) is 13.8 Å². The Labute approximate surface area is 153 Å². The van der Waals surface area contributed by atoms with Crippen LogP contribution in [0.5, 0.6) is 0 Å². The van der Waals surface area contributed by atoms with Crippen LogP contribution >= 0.6 is 46.4 Å². The Kier molecular flexibility index (Phi) is 3.86. The quantitative estimate of drug-likeness (QED) is 0.413. The Morgan fingerprint density at radius 1 is 0.957 bits per heavy atom. The van der Waals surface area contributed by atoms with Crippen molar-refractivity contribution in [2.24, 2.45) is 11.8 Å². The van der Waals surface area contributed by atoms with Crippen molar-refractivity contribution in [1.29, 1.82) is 0 Å². The lowest BCUT2D eigenvalue weighted by Gasteiger charge is -2.42. The van der Waals surface area contributed by atoms with E-state index in [1.807, 2.05) is 0 Å². The molecule has 1 heterocycles. The fourth-order valence-electron chi connectivity index (χ4n) is 4.24. The molecule has 1 saturated heterocycles. The molecule has 0 aromatic rings. The fourth-order valence-corrected chi connectivity index (χ4v) is 6.40. The Bertz CT molecular complexity index is 601. The highest BCUT2D eigenvalue weighted by atomic mass is 35.5. The highest BCUT2D eigenvalue weighted by molar-refractivity contribution is 6.53. The molecular formula is C14H15Cl4NO4. The van der Waals surface area contributed by atoms with E-state index in [0.29, 0.717) is 0 Å². The monoisotopic (exact) mass is 401 g/mol. The van der Waals surface area contributed by atoms with Crippen molar-refractivity contribution in [3.05, 3.63) is 10.1 Å². The van der Waals surface area contributed by atoms with Crippen molar-refractivity contribution < 1.29 is 19.1 Å². The topological polar surface area (TPSA) is 55.8 Å². The molecule has 0 unspecified atom stereocenters. The molecule has 0 spiro atoms. The van der Waals surface area contributed by atoms with Crippen molar-refractivity contribution in [2.75, 3.05) is 14.2 Å². The lowest BCUT2D eigenvalue weighted by molar-refractivity contribution is -0.222. The number of hydrogen-bond acceptors (Lipinski definition) is 4. The number of amides is 2. The Balaban J connectivity index is 2.31. The predicted octanol–water partition coefficient (Wildman–Crippen LogP) is 2.66. The zero-order valence-corrected chi connectivity index (χ0v) is 15.8. The van der Waals surface area contributed by atoms with Crippen molar-refractivity contribution in [3.63, 3.8) is 0 Å². The standard InChI is InChI=1S/C14H15Cl4NO4/c1-5(2)19-10(20)6-7(11(19)21)13(18)9(16)8(15)12(6,17)14(13,22-3)23-4/h5-7H,1-4H3/t6-,7+,12-,13-/m0/s1. The molecule has 5 nitrogen and oxygen atoms in total. The summed E-state index contributed by atoms with van der Waals surface area (Å²) in [6.45, 7) is 3.47. The Morgan fingerprint density at radius 2 is 1.30 bits per heavy atom. The highest BCUT2D eigenvalue weighted by Gasteiger charge is 2.89. The highest BCUT2D eigenvalue weighted by Crippen LogP contribution is 2.75. The molecule has 2 fully saturated rings. The maximum Gasteiger partial charge on any atom is 0.235 e. The summed E-state index contributed by atoms with van der Waals surface area (Å²) in [5.41, 5.74) is 0. The summed E-state index contributed by atoms with van der Waals surface area (Å²) in [6, 6.07) is -0.336. The van der Waals surface area contributed by atoms with Crippen molar-refractivity contribution in [1.82, 2.24) is 4.90 Å². The molecule has 2 amide bonds. The van der Waals surface area contributed by atoms with Crippen LogP contribution in [0, 0.1) is 11.8 Å². The van der Waals surface area contributed by atoms with Gasteiger partial charge in [0, 0.05) is 20.3 Å². The zero-order valence-electron chi connectivity index (χ0n) is 12.8. The Morgan fingerprint density at radius 3 is 1.57 bits per heavy atom. The van der Waals surface area contributed by atoms with E-state index in [0.717, 1.165) is 4.90 Å². The van der Waals surface area contributed by atoms with Gasteiger partial charge in [-0.3, -0.25) is 14.5 Å². The van der Waals surface area contributed by atoms with Crippen LogP contribution in [0.2, 0.25) is 0 Å². The van der Waals surface area contributed by atoms with Gasteiger partial charge in [0.2, 0.25) is 17.6 Å². The van der Waals surface area contributed by atoms with Gasteiger partial charge in [-0.25, -0.2) is 0 Å². The predicted molar refractivity (Wildman–Crippen MR) is 86.6 cm³/mol. The molecule has 9 heteroatoms. The fraction of sp³-hybridized carbons (Fsp3) is 0.714. The molecule has 3 aliphatic rings. The van der Waals surface area contributed by atoms with E-state index < -0.39 is 39.2 Å². The second kappa shape index (κ2) is 4.99. The molecule has 1 aliphatic heterocycles. The maximum absolute atomic E-state index is 12.9. The molecule has 4 atom stereocenters. The first-order chi connectivity index (χ1) is 10.6. The van der Waals surface area contributed by atoms with Crippen LogP contribution in [0.25, 0.3) is 0 Å². The number of fused-ring (bicyclic) bond motifs is 5. The Hall–Kier alpha value is -0.0400. The van der Waals surface area contributed by atoms with Crippen LogP contribution in [-0.4, -0.2) is 52.5 Å². The number of alkyl halides is 2. The van der Waals surface area contributed by atoms with E-state index in [1.165, 1.54) is 14.2 Å². The molecular weight excluding hydrogens is 388 g/mol. The van der Waals surface area contributed by atoms with Gasteiger partial charge in [-0.1, -0.05) is 23.2 Å². The number of ether oxygens (including phenoxy) is 2.